The van der Waals surface area contributed by atoms with Gasteiger partial charge in [0.25, 0.3) is 0 Å². The van der Waals surface area contributed by atoms with Crippen molar-refractivity contribution >= 4 is 17.0 Å². The summed E-state index contributed by atoms with van der Waals surface area (Å²) in [5, 5.41) is 20.2. The minimum Gasteiger partial charge on any atom is -0.465 e. The number of amides is 1. The van der Waals surface area contributed by atoms with Gasteiger partial charge in [-0.3, -0.25) is 0 Å². The number of carbonyl (C=O) groups is 1. The van der Waals surface area contributed by atoms with Crippen molar-refractivity contribution in [2.75, 3.05) is 0 Å². The molecule has 2 heterocycles. The maximum atomic E-state index is 10.8. The van der Waals surface area contributed by atoms with E-state index in [4.69, 9.17) is 15.3 Å². The maximum Gasteiger partial charge on any atom is 0.405 e. The van der Waals surface area contributed by atoms with Gasteiger partial charge in [0.1, 0.15) is 5.54 Å². The Balaban J connectivity index is 1.79. The van der Waals surface area contributed by atoms with E-state index in [2.05, 4.69) is 20.5 Å². The van der Waals surface area contributed by atoms with Crippen molar-refractivity contribution in [3.8, 4) is 0 Å². The fourth-order valence-corrected chi connectivity index (χ4v) is 2.58. The Kier molecular flexibility index (Phi) is 3.98. The molecular weight excluding hydrogens is 310 g/mol. The molecule has 0 aliphatic carbocycles. The molecule has 5 N–H and O–H groups in total. The summed E-state index contributed by atoms with van der Waals surface area (Å²) in [7, 11) is 0. The molecule has 8 heteroatoms. The summed E-state index contributed by atoms with van der Waals surface area (Å²) in [5.41, 5.74) is 7.30. The first kappa shape index (κ1) is 16.0. The number of aromatic amines is 1. The number of nitrogens with two attached hydrogens (primary N) is 1. The summed E-state index contributed by atoms with van der Waals surface area (Å²) in [6.45, 7) is 3.28. The Morgan fingerprint density at radius 3 is 2.92 bits per heavy atom. The van der Waals surface area contributed by atoms with Crippen LogP contribution in [-0.2, 0) is 12.0 Å². The van der Waals surface area contributed by atoms with E-state index < -0.39 is 17.7 Å². The summed E-state index contributed by atoms with van der Waals surface area (Å²) in [6, 6.07) is 7.47. The van der Waals surface area contributed by atoms with Crippen LogP contribution in [-0.4, -0.2) is 26.4 Å². The quantitative estimate of drug-likeness (QED) is 0.568. The Morgan fingerprint density at radius 2 is 2.17 bits per heavy atom. The molecular formula is C16H19N5O3. The standard InChI is InChI=1S/C16H19N5O3/c1-16(2,19-15(22)23)14-21-20-13(24-14)11(17)7-9-8-18-12-6-4-3-5-10(9)12/h3-6,8,11,18-19H,7,17H2,1-2H3,(H,22,23). The summed E-state index contributed by atoms with van der Waals surface area (Å²) < 4.78 is 5.59. The molecule has 3 rings (SSSR count). The minimum absolute atomic E-state index is 0.175. The van der Waals surface area contributed by atoms with Crippen molar-refractivity contribution in [2.45, 2.75) is 31.8 Å². The zero-order valence-electron chi connectivity index (χ0n) is 13.4. The number of rotatable bonds is 5. The van der Waals surface area contributed by atoms with Crippen LogP contribution in [0.25, 0.3) is 10.9 Å². The summed E-state index contributed by atoms with van der Waals surface area (Å²) in [6.07, 6.45) is 1.28. The van der Waals surface area contributed by atoms with Crippen LogP contribution in [0.15, 0.2) is 34.9 Å². The second-order valence-corrected chi connectivity index (χ2v) is 6.17. The molecule has 0 saturated carbocycles. The van der Waals surface area contributed by atoms with Crippen LogP contribution in [0.3, 0.4) is 0 Å². The fraction of sp³-hybridized carbons (Fsp3) is 0.312. The average molecular weight is 329 g/mol. The van der Waals surface area contributed by atoms with E-state index in [0.717, 1.165) is 16.5 Å². The van der Waals surface area contributed by atoms with Gasteiger partial charge in [0.2, 0.25) is 11.8 Å². The third-order valence-electron chi connectivity index (χ3n) is 3.83. The van der Waals surface area contributed by atoms with Crippen LogP contribution in [0.5, 0.6) is 0 Å². The Hall–Kier alpha value is -2.87. The summed E-state index contributed by atoms with van der Waals surface area (Å²) in [4.78, 5) is 14.0. The zero-order valence-corrected chi connectivity index (χ0v) is 13.4. The Labute approximate surface area is 138 Å². The largest absolute Gasteiger partial charge is 0.465 e. The van der Waals surface area contributed by atoms with E-state index >= 15 is 0 Å². The summed E-state index contributed by atoms with van der Waals surface area (Å²) in [5.74, 6) is 0.449. The van der Waals surface area contributed by atoms with Crippen molar-refractivity contribution < 1.29 is 14.3 Å². The van der Waals surface area contributed by atoms with E-state index in [1.54, 1.807) is 13.8 Å². The first-order chi connectivity index (χ1) is 11.4. The molecule has 3 aromatic rings. The molecule has 2 aromatic heterocycles. The number of hydrogen-bond donors (Lipinski definition) is 4. The maximum absolute atomic E-state index is 10.8. The molecule has 1 aromatic carbocycles. The molecule has 1 atom stereocenters. The van der Waals surface area contributed by atoms with Crippen LogP contribution in [0, 0.1) is 0 Å². The normalized spacial score (nSPS) is 13.1. The van der Waals surface area contributed by atoms with Gasteiger partial charge in [-0.2, -0.15) is 0 Å². The highest BCUT2D eigenvalue weighted by Gasteiger charge is 2.30. The predicted octanol–water partition coefficient (Wildman–Crippen LogP) is 2.30. The average Bonchev–Trinajstić information content (AvgIpc) is 3.14. The number of para-hydroxylation sites is 1. The van der Waals surface area contributed by atoms with Gasteiger partial charge in [-0.15, -0.1) is 10.2 Å². The zero-order chi connectivity index (χ0) is 17.3. The van der Waals surface area contributed by atoms with Crippen molar-refractivity contribution in [1.29, 1.82) is 0 Å². The molecule has 0 spiro atoms. The van der Waals surface area contributed by atoms with Gasteiger partial charge in [-0.05, 0) is 31.9 Å². The molecule has 0 saturated heterocycles. The van der Waals surface area contributed by atoms with Gasteiger partial charge >= 0.3 is 6.09 Å². The first-order valence-corrected chi connectivity index (χ1v) is 7.52. The van der Waals surface area contributed by atoms with E-state index in [1.165, 1.54) is 0 Å². The van der Waals surface area contributed by atoms with Gasteiger partial charge in [0.05, 0.1) is 6.04 Å². The van der Waals surface area contributed by atoms with Gasteiger partial charge in [-0.25, -0.2) is 4.79 Å². The third kappa shape index (κ3) is 3.09. The minimum atomic E-state index is -1.16. The lowest BCUT2D eigenvalue weighted by Gasteiger charge is -2.19. The lowest BCUT2D eigenvalue weighted by molar-refractivity contribution is 0.175. The number of nitrogens with zero attached hydrogens (tertiary/aromatic N) is 2. The van der Waals surface area contributed by atoms with Gasteiger partial charge in [0, 0.05) is 17.1 Å². The topological polar surface area (TPSA) is 130 Å². The molecule has 0 radical (unpaired) electrons. The van der Waals surface area contributed by atoms with E-state index in [-0.39, 0.29) is 11.8 Å². The first-order valence-electron chi connectivity index (χ1n) is 7.52. The van der Waals surface area contributed by atoms with Crippen molar-refractivity contribution in [1.82, 2.24) is 20.5 Å². The smallest absolute Gasteiger partial charge is 0.405 e. The Morgan fingerprint density at radius 1 is 1.42 bits per heavy atom. The number of H-pyrrole nitrogens is 1. The second kappa shape index (κ2) is 5.97. The molecule has 24 heavy (non-hydrogen) atoms. The highest BCUT2D eigenvalue weighted by atomic mass is 16.4. The number of hydrogen-bond acceptors (Lipinski definition) is 5. The monoisotopic (exact) mass is 329 g/mol. The molecule has 126 valence electrons. The predicted molar refractivity (Wildman–Crippen MR) is 87.4 cm³/mol. The van der Waals surface area contributed by atoms with Crippen molar-refractivity contribution in [3.63, 3.8) is 0 Å². The fourth-order valence-electron chi connectivity index (χ4n) is 2.58. The van der Waals surface area contributed by atoms with Gasteiger partial charge in [-0.1, -0.05) is 18.2 Å². The Bertz CT molecular complexity index is 867. The molecule has 0 bridgehead atoms. The molecule has 0 aliphatic rings. The van der Waals surface area contributed by atoms with Crippen molar-refractivity contribution in [2.24, 2.45) is 5.73 Å². The lowest BCUT2D eigenvalue weighted by atomic mass is 10.1. The number of carboxylic acid groups (broad SMARTS) is 1. The number of nitrogens with one attached hydrogen (secondary N) is 2. The molecule has 0 fully saturated rings. The van der Waals surface area contributed by atoms with Crippen molar-refractivity contribution in [3.05, 3.63) is 47.8 Å². The number of fused-ring (bicyclic) bond motifs is 1. The van der Waals surface area contributed by atoms with E-state index in [1.807, 2.05) is 30.5 Å². The van der Waals surface area contributed by atoms with Gasteiger partial charge < -0.3 is 25.6 Å². The highest BCUT2D eigenvalue weighted by molar-refractivity contribution is 5.83. The van der Waals surface area contributed by atoms with Crippen LogP contribution >= 0.6 is 0 Å². The highest BCUT2D eigenvalue weighted by Crippen LogP contribution is 2.25. The molecule has 0 aliphatic heterocycles. The van der Waals surface area contributed by atoms with E-state index in [9.17, 15) is 4.79 Å². The second-order valence-electron chi connectivity index (χ2n) is 6.17. The van der Waals surface area contributed by atoms with Crippen LogP contribution in [0.4, 0.5) is 4.79 Å². The third-order valence-corrected chi connectivity index (χ3v) is 3.83. The van der Waals surface area contributed by atoms with Crippen LogP contribution in [0.2, 0.25) is 0 Å². The van der Waals surface area contributed by atoms with E-state index in [0.29, 0.717) is 6.42 Å². The SMILES string of the molecule is CC(C)(NC(=O)O)c1nnc(C(N)Cc2c[nH]c3ccccc23)o1. The summed E-state index contributed by atoms with van der Waals surface area (Å²) >= 11 is 0. The molecule has 1 amide bonds. The molecule has 8 nitrogen and oxygen atoms in total. The molecule has 1 unspecified atom stereocenters. The van der Waals surface area contributed by atoms with Crippen LogP contribution in [0.1, 0.15) is 37.2 Å². The van der Waals surface area contributed by atoms with Gasteiger partial charge in [0.15, 0.2) is 0 Å². The number of aromatic nitrogens is 3. The lowest BCUT2D eigenvalue weighted by Crippen LogP contribution is -2.40. The van der Waals surface area contributed by atoms with Crippen LogP contribution < -0.4 is 11.1 Å². The number of benzene rings is 1.